The summed E-state index contributed by atoms with van der Waals surface area (Å²) in [6.07, 6.45) is 2.09. The molecule has 0 saturated carbocycles. The van der Waals surface area contributed by atoms with Crippen LogP contribution in [0.5, 0.6) is 0 Å². The largest absolute Gasteiger partial charge is 0.468 e. The molecule has 2 aromatic carbocycles. The number of benzene rings is 2. The van der Waals surface area contributed by atoms with Crippen molar-refractivity contribution >= 4 is 12.3 Å². The van der Waals surface area contributed by atoms with E-state index in [0.717, 1.165) is 29.4 Å². The van der Waals surface area contributed by atoms with E-state index in [9.17, 15) is 9.59 Å². The van der Waals surface area contributed by atoms with E-state index in [1.807, 2.05) is 48.5 Å². The van der Waals surface area contributed by atoms with Crippen LogP contribution in [0, 0.1) is 0 Å². The standard InChI is InChI=1S/C18H19NO3/c1-22-18(21)17(19)11-15-4-2-13(3-5-15)10-14-6-8-16(12-20)9-7-14/h2-9,12,17H,10-11,19H2,1H3/t17-/m0/s1. The fourth-order valence-corrected chi connectivity index (χ4v) is 2.23. The SMILES string of the molecule is COC(=O)[C@@H](N)Cc1ccc(Cc2ccc(C=O)cc2)cc1. The fraction of sp³-hybridized carbons (Fsp3) is 0.222. The first kappa shape index (κ1) is 15.9. The number of esters is 1. The van der Waals surface area contributed by atoms with E-state index in [2.05, 4.69) is 4.74 Å². The topological polar surface area (TPSA) is 69.4 Å². The smallest absolute Gasteiger partial charge is 0.322 e. The highest BCUT2D eigenvalue weighted by molar-refractivity contribution is 5.75. The van der Waals surface area contributed by atoms with Gasteiger partial charge >= 0.3 is 5.97 Å². The molecule has 0 heterocycles. The number of carbonyl (C=O) groups excluding carboxylic acids is 2. The minimum Gasteiger partial charge on any atom is -0.468 e. The van der Waals surface area contributed by atoms with Crippen LogP contribution in [0.2, 0.25) is 0 Å². The van der Waals surface area contributed by atoms with E-state index in [-0.39, 0.29) is 0 Å². The molecule has 0 saturated heterocycles. The molecule has 0 bridgehead atoms. The van der Waals surface area contributed by atoms with E-state index < -0.39 is 12.0 Å². The van der Waals surface area contributed by atoms with Crippen molar-refractivity contribution in [2.24, 2.45) is 5.73 Å². The number of methoxy groups -OCH3 is 1. The number of aldehydes is 1. The zero-order valence-corrected chi connectivity index (χ0v) is 12.5. The van der Waals surface area contributed by atoms with Crippen LogP contribution >= 0.6 is 0 Å². The fourth-order valence-electron chi connectivity index (χ4n) is 2.23. The molecule has 0 aliphatic carbocycles. The molecule has 2 N–H and O–H groups in total. The monoisotopic (exact) mass is 297 g/mol. The summed E-state index contributed by atoms with van der Waals surface area (Å²) < 4.78 is 4.62. The minimum atomic E-state index is -0.633. The van der Waals surface area contributed by atoms with Gasteiger partial charge in [0.2, 0.25) is 0 Å². The molecule has 1 atom stereocenters. The lowest BCUT2D eigenvalue weighted by Crippen LogP contribution is -2.33. The molecule has 0 amide bonds. The third-order valence-electron chi connectivity index (χ3n) is 3.51. The normalized spacial score (nSPS) is 11.7. The van der Waals surface area contributed by atoms with Gasteiger partial charge in [-0.3, -0.25) is 9.59 Å². The van der Waals surface area contributed by atoms with Gasteiger partial charge in [0.05, 0.1) is 7.11 Å². The Morgan fingerprint density at radius 2 is 1.55 bits per heavy atom. The van der Waals surface area contributed by atoms with E-state index in [1.165, 1.54) is 7.11 Å². The summed E-state index contributed by atoms with van der Waals surface area (Å²) in [4.78, 5) is 21.9. The van der Waals surface area contributed by atoms with Crippen LogP contribution in [0.3, 0.4) is 0 Å². The van der Waals surface area contributed by atoms with Crippen molar-refractivity contribution in [3.63, 3.8) is 0 Å². The molecule has 2 rings (SSSR count). The molecule has 0 unspecified atom stereocenters. The lowest BCUT2D eigenvalue weighted by molar-refractivity contribution is -0.142. The molecule has 0 fully saturated rings. The molecule has 0 aliphatic heterocycles. The van der Waals surface area contributed by atoms with Crippen molar-refractivity contribution in [1.29, 1.82) is 0 Å². The maximum absolute atomic E-state index is 11.3. The third kappa shape index (κ3) is 4.27. The summed E-state index contributed by atoms with van der Waals surface area (Å²) in [5.74, 6) is -0.403. The summed E-state index contributed by atoms with van der Waals surface area (Å²) in [5.41, 5.74) is 9.73. The molecule has 2 aromatic rings. The van der Waals surface area contributed by atoms with Crippen molar-refractivity contribution in [3.8, 4) is 0 Å². The Balaban J connectivity index is 1.99. The summed E-state index contributed by atoms with van der Waals surface area (Å²) in [6, 6.07) is 14.9. The van der Waals surface area contributed by atoms with E-state index in [0.29, 0.717) is 12.0 Å². The first-order valence-corrected chi connectivity index (χ1v) is 7.07. The van der Waals surface area contributed by atoms with Crippen LogP contribution in [0.1, 0.15) is 27.0 Å². The molecule has 4 heteroatoms. The number of ether oxygens (including phenoxy) is 1. The van der Waals surface area contributed by atoms with Gasteiger partial charge in [-0.2, -0.15) is 0 Å². The molecule has 22 heavy (non-hydrogen) atoms. The Bertz CT molecular complexity index is 632. The van der Waals surface area contributed by atoms with Crippen molar-refractivity contribution < 1.29 is 14.3 Å². The zero-order chi connectivity index (χ0) is 15.9. The van der Waals surface area contributed by atoms with Crippen LogP contribution in [0.15, 0.2) is 48.5 Å². The molecule has 114 valence electrons. The average Bonchev–Trinajstić information content (AvgIpc) is 2.56. The second-order valence-electron chi connectivity index (χ2n) is 5.19. The van der Waals surface area contributed by atoms with Gasteiger partial charge in [0.15, 0.2) is 0 Å². The van der Waals surface area contributed by atoms with E-state index in [1.54, 1.807) is 0 Å². The average molecular weight is 297 g/mol. The lowest BCUT2D eigenvalue weighted by Gasteiger charge is -2.10. The van der Waals surface area contributed by atoms with Crippen LogP contribution in [0.4, 0.5) is 0 Å². The lowest BCUT2D eigenvalue weighted by atomic mass is 10.0. The van der Waals surface area contributed by atoms with E-state index >= 15 is 0 Å². The first-order chi connectivity index (χ1) is 10.6. The van der Waals surface area contributed by atoms with Gasteiger partial charge in [0, 0.05) is 5.56 Å². The van der Waals surface area contributed by atoms with Gasteiger partial charge in [-0.25, -0.2) is 0 Å². The Morgan fingerprint density at radius 3 is 2.05 bits per heavy atom. The van der Waals surface area contributed by atoms with Gasteiger partial charge in [-0.15, -0.1) is 0 Å². The summed E-state index contributed by atoms with van der Waals surface area (Å²) in [7, 11) is 1.33. The molecular weight excluding hydrogens is 278 g/mol. The predicted molar refractivity (Wildman–Crippen MR) is 84.8 cm³/mol. The van der Waals surface area contributed by atoms with Crippen molar-refractivity contribution in [3.05, 3.63) is 70.8 Å². The summed E-state index contributed by atoms with van der Waals surface area (Å²) >= 11 is 0. The van der Waals surface area contributed by atoms with Crippen molar-refractivity contribution in [2.45, 2.75) is 18.9 Å². The quantitative estimate of drug-likeness (QED) is 0.655. The highest BCUT2D eigenvalue weighted by Gasteiger charge is 2.13. The number of rotatable bonds is 6. The summed E-state index contributed by atoms with van der Waals surface area (Å²) in [6.45, 7) is 0. The van der Waals surface area contributed by atoms with Crippen LogP contribution in [-0.4, -0.2) is 25.4 Å². The number of nitrogens with two attached hydrogens (primary N) is 1. The molecular formula is C18H19NO3. The van der Waals surface area contributed by atoms with Gasteiger partial charge in [0.1, 0.15) is 12.3 Å². The molecule has 0 aliphatic rings. The van der Waals surface area contributed by atoms with Crippen molar-refractivity contribution in [1.82, 2.24) is 0 Å². The molecule has 0 spiro atoms. The molecule has 0 aromatic heterocycles. The van der Waals surface area contributed by atoms with E-state index in [4.69, 9.17) is 5.73 Å². The zero-order valence-electron chi connectivity index (χ0n) is 12.5. The van der Waals surface area contributed by atoms with Crippen molar-refractivity contribution in [2.75, 3.05) is 7.11 Å². The molecule has 4 nitrogen and oxygen atoms in total. The third-order valence-corrected chi connectivity index (χ3v) is 3.51. The van der Waals surface area contributed by atoms with Crippen LogP contribution in [-0.2, 0) is 22.4 Å². The first-order valence-electron chi connectivity index (χ1n) is 7.07. The highest BCUT2D eigenvalue weighted by atomic mass is 16.5. The Labute approximate surface area is 129 Å². The second kappa shape index (κ2) is 7.52. The maximum Gasteiger partial charge on any atom is 0.322 e. The minimum absolute atomic E-state index is 0.403. The van der Waals surface area contributed by atoms with Gasteiger partial charge in [-0.05, 0) is 29.5 Å². The Morgan fingerprint density at radius 1 is 1.05 bits per heavy atom. The second-order valence-corrected chi connectivity index (χ2v) is 5.19. The Hall–Kier alpha value is -2.46. The van der Waals surface area contributed by atoms with Gasteiger partial charge in [-0.1, -0.05) is 48.5 Å². The highest BCUT2D eigenvalue weighted by Crippen LogP contribution is 2.12. The van der Waals surface area contributed by atoms with Crippen LogP contribution < -0.4 is 5.73 Å². The molecule has 0 radical (unpaired) electrons. The van der Waals surface area contributed by atoms with Gasteiger partial charge < -0.3 is 10.5 Å². The Kier molecular flexibility index (Phi) is 5.44. The number of hydrogen-bond donors (Lipinski definition) is 1. The maximum atomic E-state index is 11.3. The number of carbonyl (C=O) groups is 2. The van der Waals surface area contributed by atoms with Crippen LogP contribution in [0.25, 0.3) is 0 Å². The number of hydrogen-bond acceptors (Lipinski definition) is 4. The summed E-state index contributed by atoms with van der Waals surface area (Å²) in [5, 5.41) is 0. The predicted octanol–water partition coefficient (Wildman–Crippen LogP) is 2.13. The van der Waals surface area contributed by atoms with Gasteiger partial charge in [0.25, 0.3) is 0 Å².